The van der Waals surface area contributed by atoms with Crippen LogP contribution in [0.3, 0.4) is 0 Å². The lowest BCUT2D eigenvalue weighted by Gasteiger charge is -2.23. The topological polar surface area (TPSA) is 84.0 Å². The molecule has 3 rings (SSSR count). The summed E-state index contributed by atoms with van der Waals surface area (Å²) in [6.45, 7) is 5.98. The molecule has 6 nitrogen and oxygen atoms in total. The third kappa shape index (κ3) is 6.46. The van der Waals surface area contributed by atoms with Crippen LogP contribution in [-0.4, -0.2) is 28.1 Å². The molecule has 0 aliphatic rings. The van der Waals surface area contributed by atoms with E-state index in [1.165, 1.54) is 11.3 Å². The predicted octanol–water partition coefficient (Wildman–Crippen LogP) is 4.62. The van der Waals surface area contributed by atoms with Crippen LogP contribution in [0.2, 0.25) is 0 Å². The fourth-order valence-corrected chi connectivity index (χ4v) is 3.94. The molecule has 31 heavy (non-hydrogen) atoms. The maximum Gasteiger partial charge on any atom is 0.249 e. The smallest absolute Gasteiger partial charge is 0.249 e. The number of anilines is 1. The molecule has 0 saturated heterocycles. The van der Waals surface area contributed by atoms with Crippen LogP contribution in [0.5, 0.6) is 0 Å². The lowest BCUT2D eigenvalue weighted by molar-refractivity contribution is -0.127. The number of hydrogen-bond donors (Lipinski definition) is 2. The highest BCUT2D eigenvalue weighted by molar-refractivity contribution is 7.18. The van der Waals surface area contributed by atoms with Crippen molar-refractivity contribution in [1.82, 2.24) is 15.5 Å². The average molecular weight is 437 g/mol. The van der Waals surface area contributed by atoms with Crippen molar-refractivity contribution >= 4 is 28.3 Å². The van der Waals surface area contributed by atoms with Gasteiger partial charge in [-0.15, -0.1) is 10.2 Å². The number of carbonyl (C=O) groups is 2. The van der Waals surface area contributed by atoms with Crippen LogP contribution in [0, 0.1) is 12.8 Å². The Hall–Kier alpha value is -3.06. The molecule has 0 saturated carbocycles. The van der Waals surface area contributed by atoms with Gasteiger partial charge in [0.2, 0.25) is 16.9 Å². The van der Waals surface area contributed by atoms with E-state index in [0.29, 0.717) is 18.0 Å². The minimum Gasteiger partial charge on any atom is -0.344 e. The molecule has 3 aromatic rings. The Morgan fingerprint density at radius 2 is 1.84 bits per heavy atom. The molecule has 0 spiro atoms. The first-order valence-corrected chi connectivity index (χ1v) is 11.3. The highest BCUT2D eigenvalue weighted by Gasteiger charge is 2.26. The molecule has 2 aromatic carbocycles. The van der Waals surface area contributed by atoms with Gasteiger partial charge < -0.3 is 5.32 Å². The molecule has 2 N–H and O–H groups in total. The van der Waals surface area contributed by atoms with Gasteiger partial charge in [-0.25, -0.2) is 0 Å². The zero-order valence-corrected chi connectivity index (χ0v) is 18.9. The van der Waals surface area contributed by atoms with Crippen LogP contribution >= 0.6 is 11.3 Å². The Bertz CT molecular complexity index is 1020. The molecule has 0 radical (unpaired) electrons. The zero-order chi connectivity index (χ0) is 22.2. The molecule has 2 atom stereocenters. The maximum absolute atomic E-state index is 12.9. The second-order valence-electron chi connectivity index (χ2n) is 7.69. The Morgan fingerprint density at radius 1 is 1.06 bits per heavy atom. The lowest BCUT2D eigenvalue weighted by atomic mass is 9.98. The second kappa shape index (κ2) is 10.8. The number of carbonyl (C=O) groups excluding carboxylic acids is 2. The molecule has 162 valence electrons. The van der Waals surface area contributed by atoms with Gasteiger partial charge in [-0.05, 0) is 30.9 Å². The Labute approximate surface area is 187 Å². The number of amides is 2. The summed E-state index contributed by atoms with van der Waals surface area (Å²) in [5.41, 5.74) is 3.19. The SMILES string of the molecule is CCC(C)C(NC(=O)CCc1ccccc1)C(=O)Nc1nnc(-c2cccc(C)c2)s1. The van der Waals surface area contributed by atoms with Crippen molar-refractivity contribution in [2.75, 3.05) is 5.32 Å². The van der Waals surface area contributed by atoms with Gasteiger partial charge in [0.25, 0.3) is 0 Å². The maximum atomic E-state index is 12.9. The standard InChI is InChI=1S/C24H28N4O2S/c1-4-17(3)21(25-20(29)14-13-18-10-6-5-7-11-18)22(30)26-24-28-27-23(31-24)19-12-8-9-16(2)15-19/h5-12,15,17,21H,4,13-14H2,1-3H3,(H,25,29)(H,26,28,30). The highest BCUT2D eigenvalue weighted by atomic mass is 32.1. The number of hydrogen-bond acceptors (Lipinski definition) is 5. The normalized spacial score (nSPS) is 12.7. The summed E-state index contributed by atoms with van der Waals surface area (Å²) in [6.07, 6.45) is 1.74. The number of benzene rings is 2. The number of nitrogens with one attached hydrogen (secondary N) is 2. The van der Waals surface area contributed by atoms with Crippen LogP contribution < -0.4 is 10.6 Å². The quantitative estimate of drug-likeness (QED) is 0.513. The fourth-order valence-electron chi connectivity index (χ4n) is 3.20. The highest BCUT2D eigenvalue weighted by Crippen LogP contribution is 2.27. The number of rotatable bonds is 9. The minimum absolute atomic E-state index is 0.00941. The summed E-state index contributed by atoms with van der Waals surface area (Å²) in [5.74, 6) is -0.416. The molecule has 1 heterocycles. The predicted molar refractivity (Wildman–Crippen MR) is 125 cm³/mol. The molecule has 2 unspecified atom stereocenters. The van der Waals surface area contributed by atoms with E-state index in [2.05, 4.69) is 20.8 Å². The monoisotopic (exact) mass is 436 g/mol. The van der Waals surface area contributed by atoms with Crippen LogP contribution in [0.1, 0.15) is 37.8 Å². The summed E-state index contributed by atoms with van der Waals surface area (Å²) in [4.78, 5) is 25.4. The van der Waals surface area contributed by atoms with E-state index in [9.17, 15) is 9.59 Å². The third-order valence-electron chi connectivity index (χ3n) is 5.22. The molecule has 0 aliphatic carbocycles. The fraction of sp³-hybridized carbons (Fsp3) is 0.333. The summed E-state index contributed by atoms with van der Waals surface area (Å²) in [7, 11) is 0. The molecule has 2 amide bonds. The van der Waals surface area contributed by atoms with E-state index in [1.807, 2.05) is 75.4 Å². The van der Waals surface area contributed by atoms with Crippen molar-refractivity contribution < 1.29 is 9.59 Å². The molecule has 0 bridgehead atoms. The van der Waals surface area contributed by atoms with Gasteiger partial charge in [0, 0.05) is 12.0 Å². The Kier molecular flexibility index (Phi) is 7.89. The van der Waals surface area contributed by atoms with Crippen LogP contribution in [0.25, 0.3) is 10.6 Å². The Morgan fingerprint density at radius 3 is 2.55 bits per heavy atom. The van der Waals surface area contributed by atoms with E-state index < -0.39 is 6.04 Å². The van der Waals surface area contributed by atoms with Crippen LogP contribution in [0.15, 0.2) is 54.6 Å². The first kappa shape index (κ1) is 22.6. The molecular weight excluding hydrogens is 408 g/mol. The van der Waals surface area contributed by atoms with Gasteiger partial charge in [-0.2, -0.15) is 0 Å². The minimum atomic E-state index is -0.625. The average Bonchev–Trinajstić information content (AvgIpc) is 3.24. The first-order valence-electron chi connectivity index (χ1n) is 10.5. The second-order valence-corrected chi connectivity index (χ2v) is 8.66. The number of nitrogens with zero attached hydrogens (tertiary/aromatic N) is 2. The molecule has 0 fully saturated rings. The largest absolute Gasteiger partial charge is 0.344 e. The van der Waals surface area contributed by atoms with Crippen molar-refractivity contribution in [3.63, 3.8) is 0 Å². The summed E-state index contributed by atoms with van der Waals surface area (Å²) < 4.78 is 0. The van der Waals surface area contributed by atoms with Crippen molar-refractivity contribution in [3.05, 3.63) is 65.7 Å². The van der Waals surface area contributed by atoms with Crippen molar-refractivity contribution in [2.24, 2.45) is 5.92 Å². The molecule has 0 aliphatic heterocycles. The number of aromatic nitrogens is 2. The zero-order valence-electron chi connectivity index (χ0n) is 18.1. The van der Waals surface area contributed by atoms with Crippen molar-refractivity contribution in [2.45, 2.75) is 46.1 Å². The lowest BCUT2D eigenvalue weighted by Crippen LogP contribution is -2.47. The summed E-state index contributed by atoms with van der Waals surface area (Å²) in [5, 5.41) is 15.2. The summed E-state index contributed by atoms with van der Waals surface area (Å²) in [6, 6.07) is 17.2. The molecule has 7 heteroatoms. The van der Waals surface area contributed by atoms with E-state index in [4.69, 9.17) is 0 Å². The summed E-state index contributed by atoms with van der Waals surface area (Å²) >= 11 is 1.32. The number of aryl methyl sites for hydroxylation is 2. The van der Waals surface area contributed by atoms with Crippen molar-refractivity contribution in [1.29, 1.82) is 0 Å². The van der Waals surface area contributed by atoms with Crippen LogP contribution in [-0.2, 0) is 16.0 Å². The van der Waals surface area contributed by atoms with E-state index in [1.54, 1.807) is 0 Å². The van der Waals surface area contributed by atoms with Crippen molar-refractivity contribution in [3.8, 4) is 10.6 Å². The van der Waals surface area contributed by atoms with E-state index >= 15 is 0 Å². The van der Waals surface area contributed by atoms with Gasteiger partial charge in [-0.1, -0.05) is 85.7 Å². The van der Waals surface area contributed by atoms with Gasteiger partial charge in [0.05, 0.1) is 0 Å². The van der Waals surface area contributed by atoms with Gasteiger partial charge in [0.1, 0.15) is 11.0 Å². The Balaban J connectivity index is 1.62. The van der Waals surface area contributed by atoms with Gasteiger partial charge in [0.15, 0.2) is 0 Å². The molecular formula is C24H28N4O2S. The third-order valence-corrected chi connectivity index (χ3v) is 6.10. The van der Waals surface area contributed by atoms with Gasteiger partial charge in [-0.3, -0.25) is 14.9 Å². The van der Waals surface area contributed by atoms with E-state index in [-0.39, 0.29) is 17.7 Å². The van der Waals surface area contributed by atoms with Gasteiger partial charge >= 0.3 is 0 Å². The first-order chi connectivity index (χ1) is 15.0. The molecule has 1 aromatic heterocycles. The van der Waals surface area contributed by atoms with Crippen LogP contribution in [0.4, 0.5) is 5.13 Å². The van der Waals surface area contributed by atoms with E-state index in [0.717, 1.165) is 28.1 Å².